The summed E-state index contributed by atoms with van der Waals surface area (Å²) in [6, 6.07) is 12.1. The number of carbonyl (C=O) groups is 1. The van der Waals surface area contributed by atoms with Crippen LogP contribution in [0.15, 0.2) is 48.5 Å². The van der Waals surface area contributed by atoms with Crippen molar-refractivity contribution in [2.24, 2.45) is 0 Å². The Balaban J connectivity index is 1.90. The number of hydrogen-bond donors (Lipinski definition) is 2. The molecule has 0 saturated carbocycles. The van der Waals surface area contributed by atoms with Gasteiger partial charge in [-0.2, -0.15) is 0 Å². The van der Waals surface area contributed by atoms with E-state index in [1.165, 1.54) is 12.1 Å². The molecule has 2 N–H and O–H groups in total. The molecule has 0 aliphatic carbocycles. The second-order valence-corrected chi connectivity index (χ2v) is 5.92. The van der Waals surface area contributed by atoms with Gasteiger partial charge in [-0.3, -0.25) is 4.79 Å². The molecule has 0 bridgehead atoms. The second kappa shape index (κ2) is 8.55. The maximum Gasteiger partial charge on any atom is 0.321 e. The van der Waals surface area contributed by atoms with E-state index in [1.807, 2.05) is 37.3 Å². The number of halogens is 2. The molecular formula is C19H21F2NO2. The van der Waals surface area contributed by atoms with Crippen molar-refractivity contribution in [2.45, 2.75) is 38.3 Å². The van der Waals surface area contributed by atoms with Crippen molar-refractivity contribution >= 4 is 5.97 Å². The Morgan fingerprint density at radius 2 is 1.88 bits per heavy atom. The molecule has 2 atom stereocenters. The fourth-order valence-electron chi connectivity index (χ4n) is 2.59. The van der Waals surface area contributed by atoms with E-state index in [9.17, 15) is 18.7 Å². The number of aryl methyl sites for hydroxylation is 1. The van der Waals surface area contributed by atoms with Crippen LogP contribution in [0.5, 0.6) is 0 Å². The molecular weight excluding hydrogens is 312 g/mol. The highest BCUT2D eigenvalue weighted by atomic mass is 19.1. The molecule has 2 rings (SSSR count). The molecule has 1 unspecified atom stereocenters. The van der Waals surface area contributed by atoms with Crippen LogP contribution in [-0.4, -0.2) is 23.2 Å². The Hall–Kier alpha value is -2.27. The summed E-state index contributed by atoms with van der Waals surface area (Å²) in [4.78, 5) is 11.4. The van der Waals surface area contributed by atoms with Gasteiger partial charge in [0.05, 0.1) is 0 Å². The lowest BCUT2D eigenvalue weighted by atomic mass is 10.0. The van der Waals surface area contributed by atoms with Crippen molar-refractivity contribution in [1.29, 1.82) is 0 Å². The first-order valence-electron chi connectivity index (χ1n) is 7.92. The molecule has 0 aromatic heterocycles. The van der Waals surface area contributed by atoms with Crippen LogP contribution >= 0.6 is 0 Å². The topological polar surface area (TPSA) is 49.3 Å². The fourth-order valence-corrected chi connectivity index (χ4v) is 2.59. The number of hydrogen-bond acceptors (Lipinski definition) is 2. The van der Waals surface area contributed by atoms with E-state index in [0.29, 0.717) is 24.8 Å². The summed E-state index contributed by atoms with van der Waals surface area (Å²) in [6.45, 7) is 1.86. The van der Waals surface area contributed by atoms with E-state index in [4.69, 9.17) is 0 Å². The molecule has 128 valence electrons. The molecule has 0 fully saturated rings. The summed E-state index contributed by atoms with van der Waals surface area (Å²) >= 11 is 0. The Morgan fingerprint density at radius 1 is 1.17 bits per heavy atom. The highest BCUT2D eigenvalue weighted by Gasteiger charge is 2.20. The van der Waals surface area contributed by atoms with Gasteiger partial charge in [-0.25, -0.2) is 8.78 Å². The van der Waals surface area contributed by atoms with Gasteiger partial charge in [0.2, 0.25) is 0 Å². The molecule has 24 heavy (non-hydrogen) atoms. The number of benzene rings is 2. The van der Waals surface area contributed by atoms with Gasteiger partial charge >= 0.3 is 5.97 Å². The minimum atomic E-state index is -0.918. The van der Waals surface area contributed by atoms with Crippen LogP contribution < -0.4 is 5.32 Å². The third kappa shape index (κ3) is 5.42. The fraction of sp³-hybridized carbons (Fsp3) is 0.316. The standard InChI is InChI=1S/C19H21F2NO2/c1-13(7-8-15-9-10-16(20)12-17(15)21)22-18(19(23)24)11-14-5-3-2-4-6-14/h2-6,9-10,12-13,18,22H,7-8,11H2,1H3,(H,23,24)/t13?,18-/m0/s1. The first-order chi connectivity index (χ1) is 11.5. The van der Waals surface area contributed by atoms with Crippen LogP contribution in [-0.2, 0) is 17.6 Å². The normalized spacial score (nSPS) is 13.5. The van der Waals surface area contributed by atoms with E-state index < -0.39 is 23.6 Å². The smallest absolute Gasteiger partial charge is 0.321 e. The highest BCUT2D eigenvalue weighted by molar-refractivity contribution is 5.74. The van der Waals surface area contributed by atoms with Crippen molar-refractivity contribution in [3.05, 3.63) is 71.3 Å². The van der Waals surface area contributed by atoms with Crippen molar-refractivity contribution < 1.29 is 18.7 Å². The molecule has 0 aliphatic rings. The molecule has 3 nitrogen and oxygen atoms in total. The van der Waals surface area contributed by atoms with Crippen LogP contribution in [0.25, 0.3) is 0 Å². The molecule has 0 heterocycles. The van der Waals surface area contributed by atoms with Crippen LogP contribution in [0.2, 0.25) is 0 Å². The van der Waals surface area contributed by atoms with Gasteiger partial charge in [-0.15, -0.1) is 0 Å². The Bertz CT molecular complexity index is 676. The van der Waals surface area contributed by atoms with Crippen molar-refractivity contribution in [3.8, 4) is 0 Å². The Morgan fingerprint density at radius 3 is 2.50 bits per heavy atom. The number of carboxylic acid groups (broad SMARTS) is 1. The number of rotatable bonds is 8. The van der Waals surface area contributed by atoms with E-state index in [0.717, 1.165) is 11.6 Å². The van der Waals surface area contributed by atoms with Crippen LogP contribution in [0.1, 0.15) is 24.5 Å². The SMILES string of the molecule is CC(CCc1ccc(F)cc1F)N[C@@H](Cc1ccccc1)C(=O)O. The summed E-state index contributed by atoms with van der Waals surface area (Å²) in [5.41, 5.74) is 1.37. The van der Waals surface area contributed by atoms with E-state index >= 15 is 0 Å². The maximum atomic E-state index is 13.6. The highest BCUT2D eigenvalue weighted by Crippen LogP contribution is 2.13. The molecule has 0 saturated heterocycles. The van der Waals surface area contributed by atoms with E-state index in [2.05, 4.69) is 5.32 Å². The van der Waals surface area contributed by atoms with Crippen LogP contribution in [0.3, 0.4) is 0 Å². The molecule has 5 heteroatoms. The lowest BCUT2D eigenvalue weighted by Crippen LogP contribution is -2.43. The third-order valence-electron chi connectivity index (χ3n) is 3.93. The summed E-state index contributed by atoms with van der Waals surface area (Å²) in [7, 11) is 0. The summed E-state index contributed by atoms with van der Waals surface area (Å²) in [5.74, 6) is -2.09. The monoisotopic (exact) mass is 333 g/mol. The zero-order valence-corrected chi connectivity index (χ0v) is 13.5. The zero-order valence-electron chi connectivity index (χ0n) is 13.5. The molecule has 0 amide bonds. The van der Waals surface area contributed by atoms with Gasteiger partial charge in [-0.05, 0) is 43.4 Å². The molecule has 0 spiro atoms. The second-order valence-electron chi connectivity index (χ2n) is 5.92. The number of aliphatic carboxylic acids is 1. The van der Waals surface area contributed by atoms with Gasteiger partial charge in [0.1, 0.15) is 17.7 Å². The summed E-state index contributed by atoms with van der Waals surface area (Å²) < 4.78 is 26.5. The lowest BCUT2D eigenvalue weighted by molar-refractivity contribution is -0.139. The summed E-state index contributed by atoms with van der Waals surface area (Å²) in [6.07, 6.45) is 1.35. The first-order valence-corrected chi connectivity index (χ1v) is 7.92. The summed E-state index contributed by atoms with van der Waals surface area (Å²) in [5, 5.41) is 12.4. The van der Waals surface area contributed by atoms with Gasteiger partial charge in [-0.1, -0.05) is 36.4 Å². The molecule has 0 aliphatic heterocycles. The maximum absolute atomic E-state index is 13.6. The Kier molecular flexibility index (Phi) is 6.44. The lowest BCUT2D eigenvalue weighted by Gasteiger charge is -2.20. The van der Waals surface area contributed by atoms with Gasteiger partial charge < -0.3 is 10.4 Å². The zero-order chi connectivity index (χ0) is 17.5. The van der Waals surface area contributed by atoms with Crippen molar-refractivity contribution in [3.63, 3.8) is 0 Å². The minimum absolute atomic E-state index is 0.112. The van der Waals surface area contributed by atoms with E-state index in [1.54, 1.807) is 0 Å². The predicted octanol–water partition coefficient (Wildman–Crippen LogP) is 3.57. The van der Waals surface area contributed by atoms with Gasteiger partial charge in [0.25, 0.3) is 0 Å². The Labute approximate surface area is 140 Å². The largest absolute Gasteiger partial charge is 0.480 e. The minimum Gasteiger partial charge on any atom is -0.480 e. The van der Waals surface area contributed by atoms with Crippen LogP contribution in [0.4, 0.5) is 8.78 Å². The quantitative estimate of drug-likeness (QED) is 0.776. The first kappa shape index (κ1) is 18.1. The average molecular weight is 333 g/mol. The average Bonchev–Trinajstić information content (AvgIpc) is 2.54. The molecule has 2 aromatic rings. The predicted molar refractivity (Wildman–Crippen MR) is 88.8 cm³/mol. The van der Waals surface area contributed by atoms with Crippen molar-refractivity contribution in [2.75, 3.05) is 0 Å². The van der Waals surface area contributed by atoms with Gasteiger partial charge in [0, 0.05) is 12.1 Å². The van der Waals surface area contributed by atoms with Gasteiger partial charge in [0.15, 0.2) is 0 Å². The molecule has 0 radical (unpaired) electrons. The third-order valence-corrected chi connectivity index (χ3v) is 3.93. The van der Waals surface area contributed by atoms with E-state index in [-0.39, 0.29) is 6.04 Å². The number of carboxylic acids is 1. The number of nitrogens with one attached hydrogen (secondary N) is 1. The molecule has 2 aromatic carbocycles. The van der Waals surface area contributed by atoms with Crippen molar-refractivity contribution in [1.82, 2.24) is 5.32 Å². The van der Waals surface area contributed by atoms with Crippen LogP contribution in [0, 0.1) is 11.6 Å².